The molecule has 0 saturated carbocycles. The van der Waals surface area contributed by atoms with E-state index in [1.807, 2.05) is 36.4 Å². The molecule has 1 unspecified atom stereocenters. The predicted molar refractivity (Wildman–Crippen MR) is 110 cm³/mol. The first kappa shape index (κ1) is 20.2. The van der Waals surface area contributed by atoms with Crippen LogP contribution < -0.4 is 11.1 Å². The van der Waals surface area contributed by atoms with E-state index in [4.69, 9.17) is 17.3 Å². The van der Waals surface area contributed by atoms with Gasteiger partial charge in [-0.3, -0.25) is 14.9 Å². The smallest absolute Gasteiger partial charge is 0.188 e. The third kappa shape index (κ3) is 6.00. The summed E-state index contributed by atoms with van der Waals surface area (Å²) in [5, 5.41) is 3.93. The molecule has 26 heavy (non-hydrogen) atoms. The molecule has 1 aromatic heterocycles. The lowest BCUT2D eigenvalue weighted by atomic mass is 10.1. The Morgan fingerprint density at radius 3 is 2.58 bits per heavy atom. The van der Waals surface area contributed by atoms with Crippen LogP contribution in [0, 0.1) is 0 Å². The van der Waals surface area contributed by atoms with E-state index in [1.165, 1.54) is 0 Å². The molecule has 2 aromatic rings. The first-order valence-corrected chi connectivity index (χ1v) is 9.45. The normalized spacial score (nSPS) is 13.0. The minimum absolute atomic E-state index is 0.106. The molecule has 0 fully saturated rings. The average Bonchev–Trinajstić information content (AvgIpc) is 2.67. The third-order valence-corrected chi connectivity index (χ3v) is 4.71. The summed E-state index contributed by atoms with van der Waals surface area (Å²) in [5.74, 6) is 0.449. The molecule has 0 radical (unpaired) electrons. The fourth-order valence-corrected chi connectivity index (χ4v) is 3.19. The second-order valence-corrected chi connectivity index (χ2v) is 6.39. The van der Waals surface area contributed by atoms with Crippen LogP contribution in [0.25, 0.3) is 0 Å². The largest absolute Gasteiger partial charge is 0.370 e. The summed E-state index contributed by atoms with van der Waals surface area (Å²) in [7, 11) is 0. The molecular formula is C20H28ClN5. The Morgan fingerprint density at radius 1 is 1.19 bits per heavy atom. The number of guanidine groups is 1. The number of benzene rings is 1. The van der Waals surface area contributed by atoms with E-state index in [1.54, 1.807) is 6.20 Å². The molecule has 1 heterocycles. The molecule has 2 rings (SSSR count). The predicted octanol–water partition coefficient (Wildman–Crippen LogP) is 3.26. The number of rotatable bonds is 9. The fraction of sp³-hybridized carbons (Fsp3) is 0.400. The molecule has 140 valence electrons. The monoisotopic (exact) mass is 373 g/mol. The van der Waals surface area contributed by atoms with Gasteiger partial charge in [0, 0.05) is 29.9 Å². The van der Waals surface area contributed by atoms with Gasteiger partial charge in [-0.25, -0.2) is 0 Å². The highest BCUT2D eigenvalue weighted by Gasteiger charge is 2.20. The number of nitrogens with one attached hydrogen (secondary N) is 1. The first-order valence-electron chi connectivity index (χ1n) is 9.07. The third-order valence-electron chi connectivity index (χ3n) is 4.37. The lowest BCUT2D eigenvalue weighted by Crippen LogP contribution is -2.35. The van der Waals surface area contributed by atoms with Crippen molar-refractivity contribution in [1.29, 1.82) is 0 Å². The summed E-state index contributed by atoms with van der Waals surface area (Å²) < 4.78 is 0. The van der Waals surface area contributed by atoms with E-state index in [0.29, 0.717) is 19.0 Å². The van der Waals surface area contributed by atoms with Crippen molar-refractivity contribution in [2.75, 3.05) is 26.2 Å². The fourth-order valence-electron chi connectivity index (χ4n) is 2.93. The Hall–Kier alpha value is -2.11. The van der Waals surface area contributed by atoms with Crippen LogP contribution >= 0.6 is 11.6 Å². The summed E-state index contributed by atoms with van der Waals surface area (Å²) in [4.78, 5) is 11.2. The van der Waals surface area contributed by atoms with Crippen LogP contribution in [0.2, 0.25) is 5.02 Å². The van der Waals surface area contributed by atoms with Crippen molar-refractivity contribution in [2.24, 2.45) is 10.7 Å². The number of aromatic nitrogens is 1. The second-order valence-electron chi connectivity index (χ2n) is 5.98. The van der Waals surface area contributed by atoms with Gasteiger partial charge in [-0.2, -0.15) is 0 Å². The van der Waals surface area contributed by atoms with Crippen LogP contribution in [-0.2, 0) is 6.42 Å². The Morgan fingerprint density at radius 2 is 1.92 bits per heavy atom. The van der Waals surface area contributed by atoms with Crippen LogP contribution in [0.3, 0.4) is 0 Å². The SMILES string of the molecule is CCN(CC)C(CN=C(N)NCCc1ccccn1)c1ccccc1Cl. The molecular weight excluding hydrogens is 346 g/mol. The van der Waals surface area contributed by atoms with Gasteiger partial charge in [0.25, 0.3) is 0 Å². The van der Waals surface area contributed by atoms with Gasteiger partial charge in [-0.1, -0.05) is 49.7 Å². The van der Waals surface area contributed by atoms with Crippen molar-refractivity contribution in [3.05, 3.63) is 64.9 Å². The zero-order valence-corrected chi connectivity index (χ0v) is 16.3. The average molecular weight is 374 g/mol. The topological polar surface area (TPSA) is 66.5 Å². The van der Waals surface area contributed by atoms with Gasteiger partial charge >= 0.3 is 0 Å². The van der Waals surface area contributed by atoms with E-state index in [-0.39, 0.29) is 6.04 Å². The molecule has 3 N–H and O–H groups in total. The molecule has 5 nitrogen and oxygen atoms in total. The first-order chi connectivity index (χ1) is 12.7. The van der Waals surface area contributed by atoms with E-state index < -0.39 is 0 Å². The number of halogens is 1. The Bertz CT molecular complexity index is 686. The van der Waals surface area contributed by atoms with Crippen LogP contribution in [0.15, 0.2) is 53.7 Å². The highest BCUT2D eigenvalue weighted by atomic mass is 35.5. The maximum absolute atomic E-state index is 6.41. The molecule has 0 amide bonds. The molecule has 0 bridgehead atoms. The maximum Gasteiger partial charge on any atom is 0.188 e. The lowest BCUT2D eigenvalue weighted by Gasteiger charge is -2.29. The Balaban J connectivity index is 1.98. The van der Waals surface area contributed by atoms with Gasteiger partial charge in [0.15, 0.2) is 5.96 Å². The number of pyridine rings is 1. The number of hydrogen-bond acceptors (Lipinski definition) is 3. The molecule has 1 atom stereocenters. The van der Waals surface area contributed by atoms with Crippen molar-refractivity contribution in [3.8, 4) is 0 Å². The Kier molecular flexibility index (Phi) is 8.38. The van der Waals surface area contributed by atoms with E-state index in [9.17, 15) is 0 Å². The number of hydrogen-bond donors (Lipinski definition) is 2. The number of nitrogens with two attached hydrogens (primary N) is 1. The summed E-state index contributed by atoms with van der Waals surface area (Å²) >= 11 is 6.41. The van der Waals surface area contributed by atoms with Gasteiger partial charge in [-0.15, -0.1) is 0 Å². The van der Waals surface area contributed by atoms with Gasteiger partial charge < -0.3 is 11.1 Å². The lowest BCUT2D eigenvalue weighted by molar-refractivity contribution is 0.224. The molecule has 0 aliphatic heterocycles. The van der Waals surface area contributed by atoms with Gasteiger partial charge in [0.05, 0.1) is 12.6 Å². The van der Waals surface area contributed by atoms with Gasteiger partial charge in [0.1, 0.15) is 0 Å². The number of likely N-dealkylation sites (N-methyl/N-ethyl adjacent to an activating group) is 1. The van der Waals surface area contributed by atoms with Crippen molar-refractivity contribution < 1.29 is 0 Å². The van der Waals surface area contributed by atoms with E-state index in [2.05, 4.69) is 40.1 Å². The van der Waals surface area contributed by atoms with Crippen molar-refractivity contribution >= 4 is 17.6 Å². The molecule has 0 aliphatic carbocycles. The van der Waals surface area contributed by atoms with Gasteiger partial charge in [0.2, 0.25) is 0 Å². The van der Waals surface area contributed by atoms with Crippen molar-refractivity contribution in [2.45, 2.75) is 26.3 Å². The second kappa shape index (κ2) is 10.8. The van der Waals surface area contributed by atoms with E-state index >= 15 is 0 Å². The zero-order valence-electron chi connectivity index (χ0n) is 15.5. The highest BCUT2D eigenvalue weighted by Crippen LogP contribution is 2.27. The van der Waals surface area contributed by atoms with Crippen LogP contribution in [0.4, 0.5) is 0 Å². The minimum Gasteiger partial charge on any atom is -0.370 e. The van der Waals surface area contributed by atoms with Crippen molar-refractivity contribution in [1.82, 2.24) is 15.2 Å². The number of nitrogens with zero attached hydrogens (tertiary/aromatic N) is 3. The standard InChI is InChI=1S/C20H28ClN5/c1-3-26(4-2)19(17-10-5-6-11-18(17)21)15-25-20(22)24-14-12-16-9-7-8-13-23-16/h5-11,13,19H,3-4,12,14-15H2,1-2H3,(H3,22,24,25). The van der Waals surface area contributed by atoms with Crippen LogP contribution in [0.1, 0.15) is 31.1 Å². The molecule has 6 heteroatoms. The maximum atomic E-state index is 6.41. The van der Waals surface area contributed by atoms with E-state index in [0.717, 1.165) is 35.8 Å². The summed E-state index contributed by atoms with van der Waals surface area (Å²) in [5.41, 5.74) is 8.17. The molecule has 0 saturated heterocycles. The van der Waals surface area contributed by atoms with Crippen LogP contribution in [-0.4, -0.2) is 42.0 Å². The molecule has 0 aliphatic rings. The number of aliphatic imine (C=N–C) groups is 1. The highest BCUT2D eigenvalue weighted by molar-refractivity contribution is 6.31. The Labute approximate surface area is 161 Å². The minimum atomic E-state index is 0.106. The van der Waals surface area contributed by atoms with Crippen LogP contribution in [0.5, 0.6) is 0 Å². The molecule has 0 spiro atoms. The summed E-state index contributed by atoms with van der Waals surface area (Å²) in [6, 6.07) is 13.9. The summed E-state index contributed by atoms with van der Waals surface area (Å²) in [6.45, 7) is 7.41. The quantitative estimate of drug-likeness (QED) is 0.523. The molecule has 1 aromatic carbocycles. The van der Waals surface area contributed by atoms with Crippen molar-refractivity contribution in [3.63, 3.8) is 0 Å². The van der Waals surface area contributed by atoms with Gasteiger partial charge in [-0.05, 0) is 36.9 Å². The summed E-state index contributed by atoms with van der Waals surface area (Å²) in [6.07, 6.45) is 2.60. The zero-order chi connectivity index (χ0) is 18.8.